The van der Waals surface area contributed by atoms with Crippen molar-refractivity contribution in [1.82, 2.24) is 0 Å². The van der Waals surface area contributed by atoms with Crippen LogP contribution >= 0.6 is 0 Å². The zero-order valence-corrected chi connectivity index (χ0v) is 8.94. The Labute approximate surface area is 76.6 Å². The summed E-state index contributed by atoms with van der Waals surface area (Å²) in [5.41, 5.74) is 0.425. The fourth-order valence-electron chi connectivity index (χ4n) is 1.12. The third kappa shape index (κ3) is 5.34. The molecule has 0 aliphatic heterocycles. The van der Waals surface area contributed by atoms with Crippen molar-refractivity contribution in [3.05, 3.63) is 0 Å². The Balaban J connectivity index is 3.49. The van der Waals surface area contributed by atoms with E-state index in [0.717, 1.165) is 12.8 Å². The molecule has 0 bridgehead atoms. The van der Waals surface area contributed by atoms with Gasteiger partial charge in [0, 0.05) is 12.8 Å². The maximum atomic E-state index is 11.0. The van der Waals surface area contributed by atoms with Crippen LogP contribution in [0.4, 0.5) is 0 Å². The first-order valence-electron chi connectivity index (χ1n) is 5.03. The molecule has 0 amide bonds. The largest absolute Gasteiger partial charge is 0.300 e. The minimum Gasteiger partial charge on any atom is -0.300 e. The normalized spacial score (nSPS) is 11.7. The van der Waals surface area contributed by atoms with E-state index in [4.69, 9.17) is 0 Å². The molecule has 0 heterocycles. The molecule has 0 fully saturated rings. The predicted molar refractivity (Wildman–Crippen MR) is 53.2 cm³/mol. The lowest BCUT2D eigenvalue weighted by Gasteiger charge is -2.21. The molecule has 0 aromatic rings. The van der Waals surface area contributed by atoms with E-state index in [1.807, 2.05) is 6.92 Å². The minimum atomic E-state index is 0.405. The van der Waals surface area contributed by atoms with Gasteiger partial charge in [-0.3, -0.25) is 4.79 Å². The lowest BCUT2D eigenvalue weighted by molar-refractivity contribution is -0.118. The van der Waals surface area contributed by atoms with Crippen molar-refractivity contribution in [2.75, 3.05) is 0 Å². The number of Topliss-reactive ketones (excluding diaryl/α,β-unsaturated/α-hetero) is 1. The Morgan fingerprint density at radius 1 is 1.25 bits per heavy atom. The summed E-state index contributed by atoms with van der Waals surface area (Å²) in [6.07, 6.45) is 4.92. The summed E-state index contributed by atoms with van der Waals surface area (Å²) in [6.45, 7) is 8.68. The fourth-order valence-corrected chi connectivity index (χ4v) is 1.12. The predicted octanol–water partition coefficient (Wildman–Crippen LogP) is 3.57. The van der Waals surface area contributed by atoms with Crippen LogP contribution < -0.4 is 0 Å². The number of ketones is 1. The van der Waals surface area contributed by atoms with Crippen LogP contribution in [-0.2, 0) is 4.79 Å². The SMILES string of the molecule is CCC(=O)CCCC(C)(C)CC. The smallest absolute Gasteiger partial charge is 0.132 e. The summed E-state index contributed by atoms with van der Waals surface area (Å²) in [4.78, 5) is 11.0. The highest BCUT2D eigenvalue weighted by Crippen LogP contribution is 2.26. The molecule has 12 heavy (non-hydrogen) atoms. The molecule has 0 aromatic heterocycles. The molecule has 0 spiro atoms. The van der Waals surface area contributed by atoms with Crippen molar-refractivity contribution in [3.63, 3.8) is 0 Å². The highest BCUT2D eigenvalue weighted by Gasteiger charge is 2.14. The molecule has 72 valence electrons. The minimum absolute atomic E-state index is 0.405. The third-order valence-corrected chi connectivity index (χ3v) is 2.66. The lowest BCUT2D eigenvalue weighted by Crippen LogP contribution is -2.10. The van der Waals surface area contributed by atoms with Crippen molar-refractivity contribution in [2.45, 2.75) is 59.8 Å². The molecule has 0 aliphatic rings. The number of hydrogen-bond acceptors (Lipinski definition) is 1. The van der Waals surface area contributed by atoms with E-state index < -0.39 is 0 Å². The van der Waals surface area contributed by atoms with Crippen molar-refractivity contribution < 1.29 is 4.79 Å². The highest BCUT2D eigenvalue weighted by molar-refractivity contribution is 5.77. The molecule has 0 N–H and O–H groups in total. The second kappa shape index (κ2) is 5.34. The molecule has 0 rings (SSSR count). The molecule has 0 atom stereocenters. The van der Waals surface area contributed by atoms with Crippen LogP contribution in [0.25, 0.3) is 0 Å². The van der Waals surface area contributed by atoms with E-state index in [1.54, 1.807) is 0 Å². The first-order chi connectivity index (χ1) is 5.52. The average Bonchev–Trinajstić information content (AvgIpc) is 2.04. The topological polar surface area (TPSA) is 17.1 Å². The Morgan fingerprint density at radius 2 is 1.83 bits per heavy atom. The zero-order chi connectivity index (χ0) is 9.61. The van der Waals surface area contributed by atoms with Crippen molar-refractivity contribution in [1.29, 1.82) is 0 Å². The Kier molecular flexibility index (Phi) is 5.19. The van der Waals surface area contributed by atoms with Gasteiger partial charge < -0.3 is 0 Å². The van der Waals surface area contributed by atoms with Gasteiger partial charge in [0.15, 0.2) is 0 Å². The van der Waals surface area contributed by atoms with Gasteiger partial charge in [0.05, 0.1) is 0 Å². The van der Waals surface area contributed by atoms with Crippen molar-refractivity contribution >= 4 is 5.78 Å². The molecule has 1 heteroatoms. The maximum Gasteiger partial charge on any atom is 0.132 e. The molecule has 0 unspecified atom stereocenters. The molecular weight excluding hydrogens is 148 g/mol. The maximum absolute atomic E-state index is 11.0. The van der Waals surface area contributed by atoms with E-state index in [9.17, 15) is 4.79 Å². The van der Waals surface area contributed by atoms with Crippen LogP contribution in [-0.4, -0.2) is 5.78 Å². The number of carbonyl (C=O) groups excluding carboxylic acids is 1. The summed E-state index contributed by atoms with van der Waals surface area (Å²) >= 11 is 0. The number of hydrogen-bond donors (Lipinski definition) is 0. The second-order valence-corrected chi connectivity index (χ2v) is 4.26. The molecule has 1 nitrogen and oxygen atoms in total. The van der Waals surface area contributed by atoms with E-state index in [1.165, 1.54) is 12.8 Å². The molecule has 0 aliphatic carbocycles. The molecular formula is C11H22O. The number of carbonyl (C=O) groups is 1. The number of rotatable bonds is 6. The third-order valence-electron chi connectivity index (χ3n) is 2.66. The molecule has 0 saturated carbocycles. The van der Waals surface area contributed by atoms with Gasteiger partial charge in [-0.25, -0.2) is 0 Å². The monoisotopic (exact) mass is 170 g/mol. The van der Waals surface area contributed by atoms with Gasteiger partial charge >= 0.3 is 0 Å². The van der Waals surface area contributed by atoms with E-state index in [-0.39, 0.29) is 0 Å². The molecule has 0 aromatic carbocycles. The van der Waals surface area contributed by atoms with Crippen LogP contribution in [0.15, 0.2) is 0 Å². The summed E-state index contributed by atoms with van der Waals surface area (Å²) in [5.74, 6) is 0.405. The first-order valence-corrected chi connectivity index (χ1v) is 5.03. The van der Waals surface area contributed by atoms with E-state index in [2.05, 4.69) is 20.8 Å². The summed E-state index contributed by atoms with van der Waals surface area (Å²) in [7, 11) is 0. The standard InChI is InChI=1S/C11H22O/c1-5-10(12)8-7-9-11(3,4)6-2/h5-9H2,1-4H3. The van der Waals surface area contributed by atoms with Gasteiger partial charge in [-0.2, -0.15) is 0 Å². The lowest BCUT2D eigenvalue weighted by atomic mass is 9.84. The van der Waals surface area contributed by atoms with Crippen LogP contribution in [0.5, 0.6) is 0 Å². The highest BCUT2D eigenvalue weighted by atomic mass is 16.1. The van der Waals surface area contributed by atoms with Crippen LogP contribution in [0.2, 0.25) is 0 Å². The Bertz CT molecular complexity index is 136. The van der Waals surface area contributed by atoms with Gasteiger partial charge in [0.25, 0.3) is 0 Å². The van der Waals surface area contributed by atoms with Crippen molar-refractivity contribution in [3.8, 4) is 0 Å². The first kappa shape index (κ1) is 11.7. The summed E-state index contributed by atoms with van der Waals surface area (Å²) < 4.78 is 0. The molecule has 0 radical (unpaired) electrons. The van der Waals surface area contributed by atoms with Gasteiger partial charge in [-0.15, -0.1) is 0 Å². The van der Waals surface area contributed by atoms with Gasteiger partial charge in [-0.1, -0.05) is 34.1 Å². The quantitative estimate of drug-likeness (QED) is 0.595. The van der Waals surface area contributed by atoms with Crippen LogP contribution in [0.1, 0.15) is 59.8 Å². The van der Waals surface area contributed by atoms with Crippen molar-refractivity contribution in [2.24, 2.45) is 5.41 Å². The van der Waals surface area contributed by atoms with Gasteiger partial charge in [0.2, 0.25) is 0 Å². The van der Waals surface area contributed by atoms with Gasteiger partial charge in [0.1, 0.15) is 5.78 Å². The Morgan fingerprint density at radius 3 is 2.25 bits per heavy atom. The van der Waals surface area contributed by atoms with Gasteiger partial charge in [-0.05, 0) is 18.3 Å². The molecule has 0 saturated heterocycles. The summed E-state index contributed by atoms with van der Waals surface area (Å²) in [5, 5.41) is 0. The average molecular weight is 170 g/mol. The van der Waals surface area contributed by atoms with Crippen LogP contribution in [0, 0.1) is 5.41 Å². The fraction of sp³-hybridized carbons (Fsp3) is 0.909. The van der Waals surface area contributed by atoms with E-state index in [0.29, 0.717) is 17.6 Å². The Hall–Kier alpha value is -0.330. The zero-order valence-electron chi connectivity index (χ0n) is 8.94. The second-order valence-electron chi connectivity index (χ2n) is 4.26. The summed E-state index contributed by atoms with van der Waals surface area (Å²) in [6, 6.07) is 0. The van der Waals surface area contributed by atoms with Crippen LogP contribution in [0.3, 0.4) is 0 Å². The van der Waals surface area contributed by atoms with E-state index >= 15 is 0 Å².